The number of nitrogens with two attached hydrogens (primary N) is 1. The molecule has 1 aromatic rings. The fraction of sp³-hybridized carbons (Fsp3) is 0.600. The van der Waals surface area contributed by atoms with Crippen molar-refractivity contribution in [3.8, 4) is 0 Å². The van der Waals surface area contributed by atoms with E-state index in [9.17, 15) is 0 Å². The summed E-state index contributed by atoms with van der Waals surface area (Å²) in [5.41, 5.74) is 9.59. The van der Waals surface area contributed by atoms with Crippen LogP contribution in [0.5, 0.6) is 0 Å². The Bertz CT molecular complexity index is 422. The molecule has 0 unspecified atom stereocenters. The van der Waals surface area contributed by atoms with E-state index in [0.717, 1.165) is 17.8 Å². The number of rotatable bonds is 4. The molecule has 1 saturated carbocycles. The van der Waals surface area contributed by atoms with Crippen LogP contribution in [0.25, 0.3) is 0 Å². The monoisotopic (exact) mass is 247 g/mol. The van der Waals surface area contributed by atoms with Gasteiger partial charge in [-0.2, -0.15) is 0 Å². The van der Waals surface area contributed by atoms with Crippen molar-refractivity contribution in [1.29, 1.82) is 0 Å². The quantitative estimate of drug-likeness (QED) is 0.830. The molecule has 0 radical (unpaired) electrons. The summed E-state index contributed by atoms with van der Waals surface area (Å²) in [4.78, 5) is 4.71. The fourth-order valence-electron chi connectivity index (χ4n) is 2.73. The SMILES string of the molecule is Cc1ccc(N(C)CC2(N(C)C)CCC2)cc1N. The van der Waals surface area contributed by atoms with Gasteiger partial charge in [-0.1, -0.05) is 6.07 Å². The normalized spacial score (nSPS) is 17.6. The van der Waals surface area contributed by atoms with Crippen LogP contribution in [0.15, 0.2) is 18.2 Å². The molecule has 1 aliphatic carbocycles. The maximum Gasteiger partial charge on any atom is 0.0385 e. The van der Waals surface area contributed by atoms with Gasteiger partial charge < -0.3 is 15.5 Å². The van der Waals surface area contributed by atoms with E-state index in [0.29, 0.717) is 5.54 Å². The number of anilines is 2. The van der Waals surface area contributed by atoms with Gasteiger partial charge in [-0.25, -0.2) is 0 Å². The lowest BCUT2D eigenvalue weighted by Crippen LogP contribution is -2.56. The number of benzene rings is 1. The zero-order valence-corrected chi connectivity index (χ0v) is 12.0. The first-order valence-corrected chi connectivity index (χ1v) is 6.69. The van der Waals surface area contributed by atoms with Crippen LogP contribution in [0.4, 0.5) is 11.4 Å². The number of likely N-dealkylation sites (N-methyl/N-ethyl adjacent to an activating group) is 2. The number of nitrogens with zero attached hydrogens (tertiary/aromatic N) is 2. The smallest absolute Gasteiger partial charge is 0.0385 e. The fourth-order valence-corrected chi connectivity index (χ4v) is 2.73. The third kappa shape index (κ3) is 2.32. The van der Waals surface area contributed by atoms with E-state index < -0.39 is 0 Å². The van der Waals surface area contributed by atoms with E-state index in [1.807, 2.05) is 6.92 Å². The number of hydrogen-bond donors (Lipinski definition) is 1. The molecule has 0 amide bonds. The standard InChI is InChI=1S/C15H25N3/c1-12-6-7-13(10-14(12)16)18(4)11-15(17(2)3)8-5-9-15/h6-7,10H,5,8-9,11,16H2,1-4H3. The minimum absolute atomic E-state index is 0.356. The van der Waals surface area contributed by atoms with Crippen molar-refractivity contribution in [3.63, 3.8) is 0 Å². The predicted molar refractivity (Wildman–Crippen MR) is 79.1 cm³/mol. The molecule has 0 aromatic heterocycles. The summed E-state index contributed by atoms with van der Waals surface area (Å²) in [5, 5.41) is 0. The van der Waals surface area contributed by atoms with E-state index in [1.165, 1.54) is 24.9 Å². The van der Waals surface area contributed by atoms with Gasteiger partial charge in [0.2, 0.25) is 0 Å². The minimum atomic E-state index is 0.356. The van der Waals surface area contributed by atoms with Crippen molar-refractivity contribution in [3.05, 3.63) is 23.8 Å². The molecule has 1 aliphatic rings. The predicted octanol–water partition coefficient (Wildman–Crippen LogP) is 2.50. The minimum Gasteiger partial charge on any atom is -0.398 e. The van der Waals surface area contributed by atoms with Crippen molar-refractivity contribution in [2.24, 2.45) is 0 Å². The average molecular weight is 247 g/mol. The summed E-state index contributed by atoms with van der Waals surface area (Å²) in [5.74, 6) is 0. The lowest BCUT2D eigenvalue weighted by Gasteiger charge is -2.49. The number of nitrogen functional groups attached to an aromatic ring is 1. The van der Waals surface area contributed by atoms with Crippen molar-refractivity contribution < 1.29 is 0 Å². The summed E-state index contributed by atoms with van der Waals surface area (Å²) in [6.45, 7) is 3.12. The average Bonchev–Trinajstić information content (AvgIpc) is 2.26. The lowest BCUT2D eigenvalue weighted by atomic mass is 9.75. The van der Waals surface area contributed by atoms with E-state index in [-0.39, 0.29) is 0 Å². The molecule has 18 heavy (non-hydrogen) atoms. The Morgan fingerprint density at radius 2 is 1.89 bits per heavy atom. The van der Waals surface area contributed by atoms with Crippen molar-refractivity contribution in [1.82, 2.24) is 4.90 Å². The van der Waals surface area contributed by atoms with Gasteiger partial charge in [-0.05, 0) is 58.0 Å². The van der Waals surface area contributed by atoms with Crippen LogP contribution in [0.3, 0.4) is 0 Å². The molecule has 0 saturated heterocycles. The molecule has 1 aromatic carbocycles. The summed E-state index contributed by atoms with van der Waals surface area (Å²) < 4.78 is 0. The van der Waals surface area contributed by atoms with Gasteiger partial charge in [-0.3, -0.25) is 0 Å². The first-order chi connectivity index (χ1) is 8.44. The Morgan fingerprint density at radius 1 is 1.22 bits per heavy atom. The molecule has 0 heterocycles. The first-order valence-electron chi connectivity index (χ1n) is 6.69. The molecule has 1 fully saturated rings. The van der Waals surface area contributed by atoms with Crippen molar-refractivity contribution in [2.75, 3.05) is 38.3 Å². The highest BCUT2D eigenvalue weighted by atomic mass is 15.2. The molecule has 100 valence electrons. The summed E-state index contributed by atoms with van der Waals surface area (Å²) in [6.07, 6.45) is 3.94. The van der Waals surface area contributed by atoms with Crippen LogP contribution in [0.1, 0.15) is 24.8 Å². The molecule has 0 aliphatic heterocycles. The topological polar surface area (TPSA) is 32.5 Å². The zero-order valence-electron chi connectivity index (χ0n) is 12.0. The second-order valence-corrected chi connectivity index (χ2v) is 5.87. The Hall–Kier alpha value is -1.22. The molecule has 2 rings (SSSR count). The maximum atomic E-state index is 5.99. The van der Waals surface area contributed by atoms with E-state index in [4.69, 9.17) is 5.73 Å². The second kappa shape index (κ2) is 4.81. The molecule has 3 heteroatoms. The largest absolute Gasteiger partial charge is 0.398 e. The maximum absolute atomic E-state index is 5.99. The lowest BCUT2D eigenvalue weighted by molar-refractivity contribution is 0.0683. The first kappa shape index (κ1) is 13.2. The van der Waals surface area contributed by atoms with Gasteiger partial charge >= 0.3 is 0 Å². The van der Waals surface area contributed by atoms with E-state index in [2.05, 4.69) is 49.1 Å². The van der Waals surface area contributed by atoms with Gasteiger partial charge in [-0.15, -0.1) is 0 Å². The van der Waals surface area contributed by atoms with Crippen molar-refractivity contribution >= 4 is 11.4 Å². The summed E-state index contributed by atoms with van der Waals surface area (Å²) in [6, 6.07) is 6.34. The van der Waals surface area contributed by atoms with Gasteiger partial charge in [0, 0.05) is 30.5 Å². The Morgan fingerprint density at radius 3 is 2.33 bits per heavy atom. The van der Waals surface area contributed by atoms with Gasteiger partial charge in [0.1, 0.15) is 0 Å². The zero-order chi connectivity index (χ0) is 13.3. The number of aryl methyl sites for hydroxylation is 1. The molecule has 0 spiro atoms. The number of hydrogen-bond acceptors (Lipinski definition) is 3. The third-order valence-electron chi connectivity index (χ3n) is 4.47. The summed E-state index contributed by atoms with van der Waals surface area (Å²) >= 11 is 0. The molecule has 2 N–H and O–H groups in total. The molecule has 0 bridgehead atoms. The Balaban J connectivity index is 2.11. The molecular weight excluding hydrogens is 222 g/mol. The molecule has 0 atom stereocenters. The van der Waals surface area contributed by atoms with Gasteiger partial charge in [0.15, 0.2) is 0 Å². The van der Waals surface area contributed by atoms with Crippen molar-refractivity contribution in [2.45, 2.75) is 31.7 Å². The van der Waals surface area contributed by atoms with Gasteiger partial charge in [0.25, 0.3) is 0 Å². The van der Waals surface area contributed by atoms with E-state index in [1.54, 1.807) is 0 Å². The van der Waals surface area contributed by atoms with Crippen LogP contribution >= 0.6 is 0 Å². The van der Waals surface area contributed by atoms with Crippen LogP contribution in [-0.2, 0) is 0 Å². The van der Waals surface area contributed by atoms with Crippen LogP contribution in [-0.4, -0.2) is 38.1 Å². The highest BCUT2D eigenvalue weighted by molar-refractivity contribution is 5.59. The highest BCUT2D eigenvalue weighted by Crippen LogP contribution is 2.37. The molecular formula is C15H25N3. The summed E-state index contributed by atoms with van der Waals surface area (Å²) in [7, 11) is 6.54. The van der Waals surface area contributed by atoms with E-state index >= 15 is 0 Å². The Kier molecular flexibility index (Phi) is 3.53. The van der Waals surface area contributed by atoms with Crippen LogP contribution < -0.4 is 10.6 Å². The second-order valence-electron chi connectivity index (χ2n) is 5.87. The molecule has 3 nitrogen and oxygen atoms in total. The Labute approximate surface area is 111 Å². The third-order valence-corrected chi connectivity index (χ3v) is 4.47. The highest BCUT2D eigenvalue weighted by Gasteiger charge is 2.39. The van der Waals surface area contributed by atoms with Crippen LogP contribution in [0.2, 0.25) is 0 Å². The van der Waals surface area contributed by atoms with Gasteiger partial charge in [0.05, 0.1) is 0 Å². The van der Waals surface area contributed by atoms with Crippen LogP contribution in [0, 0.1) is 6.92 Å².